The highest BCUT2D eigenvalue weighted by atomic mass is 16.7. The minimum absolute atomic E-state index is 0.0511. The largest absolute Gasteiger partial charge is 0.458 e. The third kappa shape index (κ3) is 2.30. The summed E-state index contributed by atoms with van der Waals surface area (Å²) in [5.41, 5.74) is 3.87. The molecular weight excluding hydrogens is 296 g/mol. The number of allylic oxidation sites excluding steroid dienone is 1. The van der Waals surface area contributed by atoms with Crippen molar-refractivity contribution in [2.24, 2.45) is 11.8 Å². The Morgan fingerprint density at radius 3 is 2.83 bits per heavy atom. The Hall–Kier alpha value is -2.04. The third-order valence-electron chi connectivity index (χ3n) is 5.32. The molecule has 1 saturated heterocycles. The van der Waals surface area contributed by atoms with Crippen LogP contribution in [0.15, 0.2) is 34.6 Å². The number of fused-ring (bicyclic) bond motifs is 2. The molecule has 1 fully saturated rings. The molecule has 0 radical (unpaired) electrons. The van der Waals surface area contributed by atoms with Gasteiger partial charge < -0.3 is 14.2 Å². The van der Waals surface area contributed by atoms with Crippen molar-refractivity contribution in [1.29, 1.82) is 0 Å². The predicted octanol–water partition coefficient (Wildman–Crippen LogP) is 2.78. The molecule has 4 atom stereocenters. The summed E-state index contributed by atoms with van der Waals surface area (Å²) in [6.07, 6.45) is 6.55. The number of hydrogen-bond acceptors (Lipinski definition) is 5. The van der Waals surface area contributed by atoms with Crippen molar-refractivity contribution in [3.05, 3.63) is 34.6 Å². The van der Waals surface area contributed by atoms with E-state index in [1.54, 1.807) is 13.0 Å². The van der Waals surface area contributed by atoms with Gasteiger partial charge in [0.1, 0.15) is 6.10 Å². The van der Waals surface area contributed by atoms with Gasteiger partial charge in [0.05, 0.1) is 11.8 Å². The highest BCUT2D eigenvalue weighted by Crippen LogP contribution is 2.50. The summed E-state index contributed by atoms with van der Waals surface area (Å²) in [6.45, 7) is 3.89. The molecule has 0 aromatic rings. The lowest BCUT2D eigenvalue weighted by molar-refractivity contribution is -0.152. The molecule has 1 unspecified atom stereocenters. The van der Waals surface area contributed by atoms with Crippen molar-refractivity contribution in [3.63, 3.8) is 0 Å². The Bertz CT molecular complexity index is 669. The number of hydrogen-bond donors (Lipinski definition) is 0. The zero-order valence-corrected chi connectivity index (χ0v) is 13.3. The second-order valence-electron chi connectivity index (χ2n) is 6.82. The molecule has 4 aliphatic rings. The molecule has 2 heterocycles. The van der Waals surface area contributed by atoms with Gasteiger partial charge in [-0.1, -0.05) is 12.5 Å². The fourth-order valence-electron chi connectivity index (χ4n) is 4.16. The van der Waals surface area contributed by atoms with E-state index in [0.717, 1.165) is 19.3 Å². The fraction of sp³-hybridized carbons (Fsp3) is 0.556. The van der Waals surface area contributed by atoms with Crippen LogP contribution >= 0.6 is 0 Å². The first-order valence-electron chi connectivity index (χ1n) is 8.22. The molecule has 0 aromatic carbocycles. The van der Waals surface area contributed by atoms with Crippen molar-refractivity contribution < 1.29 is 23.8 Å². The maximum absolute atomic E-state index is 12.2. The van der Waals surface area contributed by atoms with Crippen LogP contribution in [0, 0.1) is 11.8 Å². The Morgan fingerprint density at radius 1 is 1.26 bits per heavy atom. The summed E-state index contributed by atoms with van der Waals surface area (Å²) in [4.78, 5) is 23.5. The average molecular weight is 316 g/mol. The molecule has 0 spiro atoms. The molecule has 0 saturated carbocycles. The van der Waals surface area contributed by atoms with Crippen LogP contribution in [0.25, 0.3) is 0 Å². The number of esters is 2. The highest BCUT2D eigenvalue weighted by molar-refractivity contribution is 5.92. The van der Waals surface area contributed by atoms with E-state index in [1.807, 2.05) is 0 Å². The van der Waals surface area contributed by atoms with Gasteiger partial charge in [0.25, 0.3) is 6.29 Å². The Labute approximate surface area is 135 Å². The first-order chi connectivity index (χ1) is 11.0. The van der Waals surface area contributed by atoms with Crippen molar-refractivity contribution in [1.82, 2.24) is 0 Å². The van der Waals surface area contributed by atoms with E-state index in [-0.39, 0.29) is 24.0 Å². The number of cyclic esters (lactones) is 1. The number of ether oxygens (including phenoxy) is 3. The zero-order valence-electron chi connectivity index (χ0n) is 13.3. The van der Waals surface area contributed by atoms with E-state index in [1.165, 1.54) is 23.8 Å². The fourth-order valence-corrected chi connectivity index (χ4v) is 4.16. The van der Waals surface area contributed by atoms with E-state index in [0.29, 0.717) is 17.1 Å². The van der Waals surface area contributed by atoms with E-state index in [9.17, 15) is 9.59 Å². The molecule has 4 rings (SSSR count). The van der Waals surface area contributed by atoms with Gasteiger partial charge >= 0.3 is 11.9 Å². The number of rotatable bonds is 2. The van der Waals surface area contributed by atoms with Crippen molar-refractivity contribution in [3.8, 4) is 0 Å². The van der Waals surface area contributed by atoms with Gasteiger partial charge in [0.15, 0.2) is 0 Å². The van der Waals surface area contributed by atoms with Crippen LogP contribution in [0.5, 0.6) is 0 Å². The van der Waals surface area contributed by atoms with Gasteiger partial charge in [-0.3, -0.25) is 0 Å². The maximum Gasteiger partial charge on any atom is 0.338 e. The SMILES string of the molecule is CC1=C[C@H](OC=C2C(=O)O[C@@H]3C4=C(CCC[C@@H]4C)CC23)OC1=O. The Morgan fingerprint density at radius 2 is 2.09 bits per heavy atom. The minimum atomic E-state index is -0.746. The first-order valence-corrected chi connectivity index (χ1v) is 8.22. The second-order valence-corrected chi connectivity index (χ2v) is 6.82. The average Bonchev–Trinajstić information content (AvgIpc) is 3.10. The van der Waals surface area contributed by atoms with Crippen molar-refractivity contribution in [2.75, 3.05) is 0 Å². The smallest absolute Gasteiger partial charge is 0.338 e. The summed E-state index contributed by atoms with van der Waals surface area (Å²) >= 11 is 0. The van der Waals surface area contributed by atoms with Crippen molar-refractivity contribution >= 4 is 11.9 Å². The molecule has 0 bridgehead atoms. The van der Waals surface area contributed by atoms with Crippen LogP contribution in [-0.2, 0) is 23.8 Å². The monoisotopic (exact) mass is 316 g/mol. The van der Waals surface area contributed by atoms with Crippen LogP contribution in [0.1, 0.15) is 39.5 Å². The van der Waals surface area contributed by atoms with Crippen LogP contribution in [0.2, 0.25) is 0 Å². The lowest BCUT2D eigenvalue weighted by atomic mass is 9.84. The van der Waals surface area contributed by atoms with Gasteiger partial charge in [0.2, 0.25) is 0 Å². The first kappa shape index (κ1) is 14.5. The van der Waals surface area contributed by atoms with Gasteiger partial charge in [0, 0.05) is 17.6 Å². The van der Waals surface area contributed by atoms with Gasteiger partial charge in [-0.25, -0.2) is 9.59 Å². The zero-order chi connectivity index (χ0) is 16.1. The summed E-state index contributed by atoms with van der Waals surface area (Å²) in [7, 11) is 0. The summed E-state index contributed by atoms with van der Waals surface area (Å²) in [5.74, 6) is -0.153. The third-order valence-corrected chi connectivity index (χ3v) is 5.32. The normalized spacial score (nSPS) is 37.5. The molecule has 122 valence electrons. The topological polar surface area (TPSA) is 61.8 Å². The lowest BCUT2D eigenvalue weighted by Gasteiger charge is -2.24. The van der Waals surface area contributed by atoms with Crippen molar-refractivity contribution in [2.45, 2.75) is 51.9 Å². The van der Waals surface area contributed by atoms with Crippen LogP contribution in [-0.4, -0.2) is 24.3 Å². The standard InChI is InChI=1S/C18H20O5/c1-9-4-3-5-11-7-12-13(18(20)23-16(12)15(9)11)8-21-14-6-10(2)17(19)22-14/h6,8-9,12,14,16H,3-5,7H2,1-2H3/t9-,12?,14+,16-/m0/s1. The lowest BCUT2D eigenvalue weighted by Crippen LogP contribution is -2.19. The van der Waals surface area contributed by atoms with E-state index in [4.69, 9.17) is 14.2 Å². The highest BCUT2D eigenvalue weighted by Gasteiger charge is 2.49. The molecule has 2 aliphatic heterocycles. The predicted molar refractivity (Wildman–Crippen MR) is 80.8 cm³/mol. The Kier molecular flexibility index (Phi) is 3.32. The molecule has 5 heteroatoms. The molecule has 0 amide bonds. The van der Waals surface area contributed by atoms with Gasteiger partial charge in [-0.05, 0) is 44.1 Å². The molecule has 0 N–H and O–H groups in total. The van der Waals surface area contributed by atoms with Gasteiger partial charge in [-0.2, -0.15) is 0 Å². The van der Waals surface area contributed by atoms with Gasteiger partial charge in [-0.15, -0.1) is 0 Å². The molecular formula is C18H20O5. The molecule has 0 aromatic heterocycles. The van der Waals surface area contributed by atoms with Crippen LogP contribution in [0.4, 0.5) is 0 Å². The van der Waals surface area contributed by atoms with Crippen LogP contribution in [0.3, 0.4) is 0 Å². The Balaban J connectivity index is 1.52. The maximum atomic E-state index is 12.2. The molecule has 23 heavy (non-hydrogen) atoms. The van der Waals surface area contributed by atoms with Crippen LogP contribution < -0.4 is 0 Å². The molecule has 5 nitrogen and oxygen atoms in total. The molecule has 2 aliphatic carbocycles. The quantitative estimate of drug-likeness (QED) is 0.339. The summed E-state index contributed by atoms with van der Waals surface area (Å²) in [5, 5.41) is 0. The minimum Gasteiger partial charge on any atom is -0.458 e. The number of carbonyl (C=O) groups excluding carboxylic acids is 2. The summed E-state index contributed by atoms with van der Waals surface area (Å²) in [6, 6.07) is 0. The van der Waals surface area contributed by atoms with E-state index >= 15 is 0 Å². The second kappa shape index (κ2) is 5.25. The number of carbonyl (C=O) groups is 2. The summed E-state index contributed by atoms with van der Waals surface area (Å²) < 4.78 is 16.1. The van der Waals surface area contributed by atoms with E-state index in [2.05, 4.69) is 6.92 Å². The van der Waals surface area contributed by atoms with E-state index < -0.39 is 6.29 Å².